The van der Waals surface area contributed by atoms with E-state index >= 15 is 0 Å². The quantitative estimate of drug-likeness (QED) is 0.801. The fourth-order valence-electron chi connectivity index (χ4n) is 3.15. The van der Waals surface area contributed by atoms with Crippen molar-refractivity contribution in [2.45, 2.75) is 37.6 Å². The van der Waals surface area contributed by atoms with Crippen molar-refractivity contribution in [2.24, 2.45) is 0 Å². The molecular weight excluding hydrogens is 413 g/mol. The van der Waals surface area contributed by atoms with Crippen molar-refractivity contribution in [2.75, 3.05) is 13.1 Å². The largest absolute Gasteiger partial charge is 0.360 e. The average Bonchev–Trinajstić information content (AvgIpc) is 2.96. The maximum atomic E-state index is 12.8. The number of amides is 1. The van der Waals surface area contributed by atoms with Crippen molar-refractivity contribution in [1.29, 1.82) is 0 Å². The van der Waals surface area contributed by atoms with Gasteiger partial charge in [-0.15, -0.1) is 0 Å². The minimum atomic E-state index is -3.67. The molecule has 0 saturated carbocycles. The van der Waals surface area contributed by atoms with Crippen LogP contribution in [0.1, 0.15) is 34.7 Å². The number of benzene rings is 1. The highest BCUT2D eigenvalue weighted by atomic mass is 35.5. The zero-order chi connectivity index (χ0) is 19.8. The highest BCUT2D eigenvalue weighted by Gasteiger charge is 2.34. The number of piperidine rings is 1. The number of halogens is 2. The monoisotopic (exact) mass is 431 g/mol. The van der Waals surface area contributed by atoms with Gasteiger partial charge in [-0.2, -0.15) is 4.31 Å². The summed E-state index contributed by atoms with van der Waals surface area (Å²) in [6.07, 6.45) is 0.985. The van der Waals surface area contributed by atoms with E-state index in [1.807, 2.05) is 0 Å². The summed E-state index contributed by atoms with van der Waals surface area (Å²) in [5, 5.41) is 7.35. The molecule has 1 aliphatic heterocycles. The molecule has 0 unspecified atom stereocenters. The number of nitrogens with one attached hydrogen (secondary N) is 1. The van der Waals surface area contributed by atoms with E-state index in [2.05, 4.69) is 10.5 Å². The van der Waals surface area contributed by atoms with Crippen LogP contribution in [0, 0.1) is 13.8 Å². The normalized spacial score (nSPS) is 16.4. The highest BCUT2D eigenvalue weighted by Crippen LogP contribution is 2.26. The van der Waals surface area contributed by atoms with E-state index in [1.54, 1.807) is 26.0 Å². The molecule has 0 aliphatic carbocycles. The van der Waals surface area contributed by atoms with Gasteiger partial charge in [-0.1, -0.05) is 28.4 Å². The van der Waals surface area contributed by atoms with Gasteiger partial charge in [0.25, 0.3) is 5.91 Å². The Kier molecular flexibility index (Phi) is 5.81. The molecule has 0 bridgehead atoms. The van der Waals surface area contributed by atoms with Gasteiger partial charge in [0.05, 0.1) is 10.6 Å². The summed E-state index contributed by atoms with van der Waals surface area (Å²) in [5.74, 6) is -0.0481. The molecule has 1 aliphatic rings. The molecule has 1 N–H and O–H groups in total. The van der Waals surface area contributed by atoms with Gasteiger partial charge in [0, 0.05) is 24.2 Å². The van der Waals surface area contributed by atoms with Gasteiger partial charge in [-0.3, -0.25) is 4.79 Å². The first-order chi connectivity index (χ1) is 12.7. The molecule has 7 nitrogen and oxygen atoms in total. The van der Waals surface area contributed by atoms with E-state index < -0.39 is 10.0 Å². The summed E-state index contributed by atoms with van der Waals surface area (Å²) >= 11 is 12.0. The summed E-state index contributed by atoms with van der Waals surface area (Å²) in [5.41, 5.74) is 0.647. The zero-order valence-corrected chi connectivity index (χ0v) is 17.2. The van der Waals surface area contributed by atoms with E-state index in [1.165, 1.54) is 10.4 Å². The van der Waals surface area contributed by atoms with E-state index in [4.69, 9.17) is 27.7 Å². The van der Waals surface area contributed by atoms with Crippen LogP contribution in [0.15, 0.2) is 27.6 Å². The van der Waals surface area contributed by atoms with E-state index in [9.17, 15) is 13.2 Å². The Hall–Kier alpha value is -1.61. The number of carbonyl (C=O) groups is 1. The van der Waals surface area contributed by atoms with Crippen LogP contribution in [0.25, 0.3) is 0 Å². The second-order valence-electron chi connectivity index (χ2n) is 6.43. The van der Waals surface area contributed by atoms with Crippen LogP contribution in [0.5, 0.6) is 0 Å². The molecule has 1 aromatic carbocycles. The number of nitrogens with zero attached hydrogens (tertiary/aromatic N) is 2. The van der Waals surface area contributed by atoms with Crippen molar-refractivity contribution in [3.63, 3.8) is 0 Å². The summed E-state index contributed by atoms with van der Waals surface area (Å²) < 4.78 is 32.0. The van der Waals surface area contributed by atoms with Crippen molar-refractivity contribution in [3.05, 3.63) is 45.3 Å². The lowest BCUT2D eigenvalue weighted by Gasteiger charge is -2.31. The van der Waals surface area contributed by atoms with E-state index in [0.29, 0.717) is 47.2 Å². The SMILES string of the molecule is Cc1noc(C)c1S(=O)(=O)N1CCC(NC(=O)c2cc(Cl)ccc2Cl)CC1. The molecule has 1 fully saturated rings. The van der Waals surface area contributed by atoms with E-state index in [0.717, 1.165) is 0 Å². The topological polar surface area (TPSA) is 92.5 Å². The predicted molar refractivity (Wildman–Crippen MR) is 102 cm³/mol. The van der Waals surface area contributed by atoms with Crippen LogP contribution >= 0.6 is 23.2 Å². The second kappa shape index (κ2) is 7.79. The first-order valence-corrected chi connectivity index (χ1v) is 10.6. The Morgan fingerprint density at radius 3 is 2.52 bits per heavy atom. The molecule has 2 aromatic rings. The first-order valence-electron chi connectivity index (χ1n) is 8.39. The van der Waals surface area contributed by atoms with Crippen LogP contribution in [-0.2, 0) is 10.0 Å². The number of aromatic nitrogens is 1. The summed E-state index contributed by atoms with van der Waals surface area (Å²) in [7, 11) is -3.67. The van der Waals surface area contributed by atoms with Gasteiger partial charge in [-0.25, -0.2) is 8.42 Å². The first kappa shape index (κ1) is 20.1. The van der Waals surface area contributed by atoms with Gasteiger partial charge in [0.15, 0.2) is 5.76 Å². The fraction of sp³-hybridized carbons (Fsp3) is 0.412. The average molecular weight is 432 g/mol. The van der Waals surface area contributed by atoms with Crippen molar-refractivity contribution >= 4 is 39.1 Å². The van der Waals surface area contributed by atoms with Gasteiger partial charge >= 0.3 is 0 Å². The van der Waals surface area contributed by atoms with Crippen molar-refractivity contribution in [3.8, 4) is 0 Å². The maximum Gasteiger partial charge on any atom is 0.253 e. The predicted octanol–water partition coefficient (Wildman–Crippen LogP) is 3.18. The maximum absolute atomic E-state index is 12.8. The number of hydrogen-bond acceptors (Lipinski definition) is 5. The molecule has 2 heterocycles. The number of hydrogen-bond donors (Lipinski definition) is 1. The van der Waals surface area contributed by atoms with Gasteiger partial charge in [0.2, 0.25) is 10.0 Å². The Morgan fingerprint density at radius 1 is 1.26 bits per heavy atom. The van der Waals surface area contributed by atoms with Gasteiger partial charge < -0.3 is 9.84 Å². The summed E-state index contributed by atoms with van der Waals surface area (Å²) in [4.78, 5) is 12.6. The van der Waals surface area contributed by atoms with Crippen LogP contribution in [0.2, 0.25) is 10.0 Å². The second-order valence-corrected chi connectivity index (χ2v) is 9.15. The van der Waals surface area contributed by atoms with Crippen LogP contribution in [-0.4, -0.2) is 42.9 Å². The Morgan fingerprint density at radius 2 is 1.93 bits per heavy atom. The molecule has 0 spiro atoms. The molecule has 1 saturated heterocycles. The van der Waals surface area contributed by atoms with Gasteiger partial charge in [-0.05, 0) is 44.9 Å². The smallest absolute Gasteiger partial charge is 0.253 e. The highest BCUT2D eigenvalue weighted by molar-refractivity contribution is 7.89. The molecule has 27 heavy (non-hydrogen) atoms. The third-order valence-corrected chi connectivity index (χ3v) is 7.24. The lowest BCUT2D eigenvalue weighted by Crippen LogP contribution is -2.46. The number of carbonyl (C=O) groups excluding carboxylic acids is 1. The fourth-order valence-corrected chi connectivity index (χ4v) is 5.28. The van der Waals surface area contributed by atoms with Crippen LogP contribution in [0.3, 0.4) is 0 Å². The summed E-state index contributed by atoms with van der Waals surface area (Å²) in [6.45, 7) is 3.76. The Balaban J connectivity index is 1.65. The molecule has 1 amide bonds. The lowest BCUT2D eigenvalue weighted by atomic mass is 10.1. The van der Waals surface area contributed by atoms with Crippen LogP contribution in [0.4, 0.5) is 0 Å². The summed E-state index contributed by atoms with van der Waals surface area (Å²) in [6, 6.07) is 4.54. The Bertz CT molecular complexity index is 947. The molecule has 0 atom stereocenters. The number of aryl methyl sites for hydroxylation is 2. The standard InChI is InChI=1S/C17H19Cl2N3O4S/c1-10-16(11(2)26-21-10)27(24,25)22-7-5-13(6-8-22)20-17(23)14-9-12(18)3-4-15(14)19/h3-4,9,13H,5-8H2,1-2H3,(H,20,23). The number of rotatable bonds is 4. The van der Waals surface area contributed by atoms with Crippen LogP contribution < -0.4 is 5.32 Å². The Labute approximate surface area is 167 Å². The minimum Gasteiger partial charge on any atom is -0.360 e. The van der Waals surface area contributed by atoms with Crippen molar-refractivity contribution < 1.29 is 17.7 Å². The zero-order valence-electron chi connectivity index (χ0n) is 14.8. The molecule has 10 heteroatoms. The lowest BCUT2D eigenvalue weighted by molar-refractivity contribution is 0.0924. The molecule has 0 radical (unpaired) electrons. The van der Waals surface area contributed by atoms with Gasteiger partial charge in [0.1, 0.15) is 10.6 Å². The number of sulfonamides is 1. The minimum absolute atomic E-state index is 0.121. The molecular formula is C17H19Cl2N3O4S. The molecule has 146 valence electrons. The van der Waals surface area contributed by atoms with Crippen molar-refractivity contribution in [1.82, 2.24) is 14.8 Å². The molecule has 1 aromatic heterocycles. The molecule has 3 rings (SSSR count). The third kappa shape index (κ3) is 4.13. The third-order valence-electron chi connectivity index (χ3n) is 4.53. The van der Waals surface area contributed by atoms with E-state index in [-0.39, 0.29) is 22.6 Å².